The van der Waals surface area contributed by atoms with Crippen molar-refractivity contribution in [2.45, 2.75) is 44.6 Å². The summed E-state index contributed by atoms with van der Waals surface area (Å²) < 4.78 is 2.80. The number of hydrogen-bond donors (Lipinski definition) is 3. The van der Waals surface area contributed by atoms with Gasteiger partial charge >= 0.3 is 7.12 Å². The van der Waals surface area contributed by atoms with E-state index in [1.54, 1.807) is 4.68 Å². The fraction of sp³-hybridized carbons (Fsp3) is 0.500. The van der Waals surface area contributed by atoms with Gasteiger partial charge in [-0.2, -0.15) is 0 Å². The highest BCUT2D eigenvalue weighted by atomic mass is 79.9. The van der Waals surface area contributed by atoms with Crippen LogP contribution in [0.25, 0.3) is 0 Å². The predicted molar refractivity (Wildman–Crippen MR) is 91.4 cm³/mol. The summed E-state index contributed by atoms with van der Waals surface area (Å²) in [7, 11) is -1.25. The third-order valence-electron chi connectivity index (χ3n) is 3.64. The molecule has 0 bridgehead atoms. The van der Waals surface area contributed by atoms with Crippen LogP contribution in [0, 0.1) is 0 Å². The third-order valence-corrected chi connectivity index (χ3v) is 4.17. The Morgan fingerprint density at radius 2 is 1.96 bits per heavy atom. The molecule has 0 aliphatic carbocycles. The van der Waals surface area contributed by atoms with Crippen molar-refractivity contribution in [3.8, 4) is 0 Å². The van der Waals surface area contributed by atoms with Gasteiger partial charge in [0.2, 0.25) is 0 Å². The minimum atomic E-state index is -1.25. The summed E-state index contributed by atoms with van der Waals surface area (Å²) in [4.78, 5) is 0. The maximum atomic E-state index is 8.83. The lowest BCUT2D eigenvalue weighted by molar-refractivity contribution is 0.400. The van der Waals surface area contributed by atoms with Crippen LogP contribution in [-0.2, 0) is 13.0 Å². The fourth-order valence-electron chi connectivity index (χ4n) is 2.34. The van der Waals surface area contributed by atoms with Crippen molar-refractivity contribution in [3.05, 3.63) is 40.1 Å². The predicted octanol–water partition coefficient (Wildman–Crippen LogP) is 1.32. The number of benzene rings is 1. The second kappa shape index (κ2) is 9.12. The molecule has 1 aromatic carbocycles. The first-order chi connectivity index (χ1) is 11.1. The number of hydrogen-bond acceptors (Lipinski definition) is 6. The van der Waals surface area contributed by atoms with Crippen molar-refractivity contribution in [3.63, 3.8) is 0 Å². The van der Waals surface area contributed by atoms with Gasteiger partial charge in [-0.05, 0) is 47.3 Å². The van der Waals surface area contributed by atoms with Crippen molar-refractivity contribution in [2.24, 2.45) is 5.73 Å². The molecule has 1 heterocycles. The highest BCUT2D eigenvalue weighted by Gasteiger charge is 2.15. The van der Waals surface area contributed by atoms with E-state index in [1.165, 1.54) is 5.56 Å². The van der Waals surface area contributed by atoms with E-state index in [-0.39, 0.29) is 6.04 Å². The Hall–Kier alpha value is -1.29. The topological polar surface area (TPSA) is 110 Å². The number of nitrogens with zero attached hydrogens (tertiary/aromatic N) is 4. The fourth-order valence-corrected chi connectivity index (χ4v) is 2.61. The molecule has 2 aromatic rings. The maximum Gasteiger partial charge on any atom is 0.451 e. The highest BCUT2D eigenvalue weighted by molar-refractivity contribution is 9.10. The zero-order valence-electron chi connectivity index (χ0n) is 12.8. The van der Waals surface area contributed by atoms with E-state index in [2.05, 4.69) is 43.6 Å². The largest absolute Gasteiger partial charge is 0.451 e. The number of aryl methyl sites for hydroxylation is 2. The van der Waals surface area contributed by atoms with Crippen LogP contribution >= 0.6 is 15.9 Å². The molecule has 0 radical (unpaired) electrons. The third kappa shape index (κ3) is 6.02. The van der Waals surface area contributed by atoms with Gasteiger partial charge in [0.05, 0.1) is 6.04 Å². The summed E-state index contributed by atoms with van der Waals surface area (Å²) in [5.41, 5.74) is 7.36. The average molecular weight is 382 g/mol. The summed E-state index contributed by atoms with van der Waals surface area (Å²) >= 11 is 3.42. The minimum Gasteiger partial charge on any atom is -0.427 e. The van der Waals surface area contributed by atoms with Gasteiger partial charge in [0.15, 0.2) is 5.82 Å². The quantitative estimate of drug-likeness (QED) is 0.446. The zero-order chi connectivity index (χ0) is 16.7. The Kier molecular flexibility index (Phi) is 7.16. The number of halogens is 1. The van der Waals surface area contributed by atoms with Gasteiger partial charge in [0, 0.05) is 11.0 Å². The van der Waals surface area contributed by atoms with Crippen LogP contribution in [0.3, 0.4) is 0 Å². The van der Waals surface area contributed by atoms with Crippen molar-refractivity contribution >= 4 is 23.0 Å². The van der Waals surface area contributed by atoms with Crippen LogP contribution in [0.15, 0.2) is 28.7 Å². The first-order valence-corrected chi connectivity index (χ1v) is 8.48. The van der Waals surface area contributed by atoms with Gasteiger partial charge in [-0.15, -0.1) is 5.10 Å². The molecule has 0 amide bonds. The van der Waals surface area contributed by atoms with Crippen LogP contribution in [-0.4, -0.2) is 37.4 Å². The van der Waals surface area contributed by atoms with E-state index < -0.39 is 7.12 Å². The van der Waals surface area contributed by atoms with Crippen LogP contribution < -0.4 is 5.73 Å². The molecule has 0 aliphatic rings. The Labute approximate surface area is 144 Å². The van der Waals surface area contributed by atoms with Gasteiger partial charge in [-0.25, -0.2) is 4.68 Å². The summed E-state index contributed by atoms with van der Waals surface area (Å²) in [6.45, 7) is 0.674. The van der Waals surface area contributed by atoms with Gasteiger partial charge in [0.25, 0.3) is 0 Å². The van der Waals surface area contributed by atoms with Crippen LogP contribution in [0.5, 0.6) is 0 Å². The normalized spacial score (nSPS) is 12.3. The Bertz CT molecular complexity index is 593. The lowest BCUT2D eigenvalue weighted by atomic mass is 9.83. The van der Waals surface area contributed by atoms with Gasteiger partial charge < -0.3 is 15.8 Å². The molecule has 9 heteroatoms. The van der Waals surface area contributed by atoms with Crippen molar-refractivity contribution in [2.75, 3.05) is 0 Å². The molecule has 23 heavy (non-hydrogen) atoms. The Morgan fingerprint density at radius 3 is 2.65 bits per heavy atom. The smallest absolute Gasteiger partial charge is 0.427 e. The van der Waals surface area contributed by atoms with Crippen molar-refractivity contribution in [1.82, 2.24) is 20.2 Å². The minimum absolute atomic E-state index is 0.245. The summed E-state index contributed by atoms with van der Waals surface area (Å²) in [5.74, 6) is 0.673. The van der Waals surface area contributed by atoms with E-state index >= 15 is 0 Å². The molecule has 7 nitrogen and oxygen atoms in total. The molecule has 2 rings (SSSR count). The monoisotopic (exact) mass is 381 g/mol. The molecule has 4 N–H and O–H groups in total. The Balaban J connectivity index is 1.84. The van der Waals surface area contributed by atoms with Crippen molar-refractivity contribution in [1.29, 1.82) is 0 Å². The molecule has 1 aromatic heterocycles. The molecule has 0 spiro atoms. The zero-order valence-corrected chi connectivity index (χ0v) is 14.4. The van der Waals surface area contributed by atoms with E-state index in [0.717, 1.165) is 17.3 Å². The maximum absolute atomic E-state index is 8.83. The van der Waals surface area contributed by atoms with Crippen molar-refractivity contribution < 1.29 is 10.0 Å². The molecule has 0 fully saturated rings. The van der Waals surface area contributed by atoms with Gasteiger partial charge in [-0.3, -0.25) is 0 Å². The van der Waals surface area contributed by atoms with Gasteiger partial charge in [-0.1, -0.05) is 40.9 Å². The summed E-state index contributed by atoms with van der Waals surface area (Å²) in [6.07, 6.45) is 3.42. The average Bonchev–Trinajstić information content (AvgIpc) is 2.99. The van der Waals surface area contributed by atoms with Gasteiger partial charge in [0.1, 0.15) is 0 Å². The number of aromatic nitrogens is 4. The van der Waals surface area contributed by atoms with Crippen LogP contribution in [0.2, 0.25) is 6.32 Å². The molecular weight excluding hydrogens is 361 g/mol. The molecule has 124 valence electrons. The number of rotatable bonds is 9. The van der Waals surface area contributed by atoms with Crippen LogP contribution in [0.4, 0.5) is 0 Å². The standard InChI is InChI=1S/C14H21BBrN5O2/c16-12-6-4-11(5-7-12)8-10-21-14(18-19-20-21)13(17)3-1-2-9-15(22)23/h4-7,13,22-23H,1-3,8-10,17H2. The molecular formula is C14H21BBrN5O2. The molecule has 1 unspecified atom stereocenters. The lowest BCUT2D eigenvalue weighted by Gasteiger charge is -2.11. The van der Waals surface area contributed by atoms with E-state index in [1.807, 2.05) is 12.1 Å². The van der Waals surface area contributed by atoms with Crippen LogP contribution in [0.1, 0.15) is 36.7 Å². The SMILES string of the molecule is NC(CCCCB(O)O)c1nnnn1CCc1ccc(Br)cc1. The lowest BCUT2D eigenvalue weighted by Crippen LogP contribution is -2.18. The summed E-state index contributed by atoms with van der Waals surface area (Å²) in [5, 5.41) is 29.4. The van der Waals surface area contributed by atoms with E-state index in [0.29, 0.717) is 31.5 Å². The molecule has 1 atom stereocenters. The highest BCUT2D eigenvalue weighted by Crippen LogP contribution is 2.16. The first kappa shape index (κ1) is 18.1. The first-order valence-electron chi connectivity index (χ1n) is 7.68. The Morgan fingerprint density at radius 1 is 1.22 bits per heavy atom. The molecule has 0 saturated carbocycles. The number of tetrazole rings is 1. The second-order valence-electron chi connectivity index (χ2n) is 5.51. The van der Waals surface area contributed by atoms with E-state index in [4.69, 9.17) is 15.8 Å². The molecule has 0 saturated heterocycles. The van der Waals surface area contributed by atoms with E-state index in [9.17, 15) is 0 Å². The number of nitrogens with two attached hydrogens (primary N) is 1. The number of unbranched alkanes of at least 4 members (excludes halogenated alkanes) is 1. The second-order valence-corrected chi connectivity index (χ2v) is 6.42. The summed E-state index contributed by atoms with van der Waals surface area (Å²) in [6, 6.07) is 7.90. The molecule has 0 aliphatic heterocycles.